The van der Waals surface area contributed by atoms with Gasteiger partial charge in [0.2, 0.25) is 0 Å². The Kier molecular flexibility index (Phi) is 4.82. The normalized spacial score (nSPS) is 10.4. The number of carbonyl (C=O) groups excluding carboxylic acids is 1. The molecule has 2 rings (SSSR count). The maximum Gasteiger partial charge on any atom is 0.338 e. The molecule has 0 fully saturated rings. The monoisotopic (exact) mass is 284 g/mol. The lowest BCUT2D eigenvalue weighted by Gasteiger charge is -2.12. The third-order valence-corrected chi connectivity index (χ3v) is 2.96. The zero-order valence-electron chi connectivity index (χ0n) is 12.3. The molecule has 0 heterocycles. The number of hydrogen-bond acceptors (Lipinski definition) is 4. The molecule has 0 aliphatic carbocycles. The van der Waals surface area contributed by atoms with Crippen LogP contribution in [0.1, 0.15) is 29.8 Å². The van der Waals surface area contributed by atoms with E-state index < -0.39 is 0 Å². The summed E-state index contributed by atoms with van der Waals surface area (Å²) in [6.45, 7) is 4.31. The Balaban J connectivity index is 2.04. The fourth-order valence-corrected chi connectivity index (χ4v) is 1.93. The highest BCUT2D eigenvalue weighted by atomic mass is 16.5. The van der Waals surface area contributed by atoms with Crippen molar-refractivity contribution in [1.29, 1.82) is 0 Å². The number of carbonyl (C=O) groups is 1. The van der Waals surface area contributed by atoms with E-state index in [1.807, 2.05) is 44.2 Å². The number of anilines is 2. The van der Waals surface area contributed by atoms with Gasteiger partial charge in [0.1, 0.15) is 0 Å². The van der Waals surface area contributed by atoms with Gasteiger partial charge in [-0.15, -0.1) is 0 Å². The van der Waals surface area contributed by atoms with Crippen molar-refractivity contribution in [2.75, 3.05) is 11.1 Å². The van der Waals surface area contributed by atoms with Crippen LogP contribution in [0.4, 0.5) is 11.4 Å². The number of rotatable bonds is 5. The van der Waals surface area contributed by atoms with Crippen LogP contribution in [0, 0.1) is 0 Å². The molecule has 3 N–H and O–H groups in total. The Labute approximate surface area is 124 Å². The lowest BCUT2D eigenvalue weighted by Crippen LogP contribution is -2.12. The SMILES string of the molecule is CC(C)OC(=O)c1ccc(NCc2ccccc2)c(N)c1. The van der Waals surface area contributed by atoms with Gasteiger partial charge in [-0.3, -0.25) is 0 Å². The Morgan fingerprint density at radius 2 is 1.90 bits per heavy atom. The third kappa shape index (κ3) is 4.24. The zero-order chi connectivity index (χ0) is 15.2. The Hall–Kier alpha value is -2.49. The minimum atomic E-state index is -0.355. The van der Waals surface area contributed by atoms with E-state index in [-0.39, 0.29) is 12.1 Å². The summed E-state index contributed by atoms with van der Waals surface area (Å²) in [7, 11) is 0. The average molecular weight is 284 g/mol. The van der Waals surface area contributed by atoms with Gasteiger partial charge in [-0.2, -0.15) is 0 Å². The third-order valence-electron chi connectivity index (χ3n) is 2.96. The second kappa shape index (κ2) is 6.79. The molecule has 0 spiro atoms. The highest BCUT2D eigenvalue weighted by molar-refractivity contribution is 5.92. The predicted molar refractivity (Wildman–Crippen MR) is 85.2 cm³/mol. The molecule has 0 amide bonds. The van der Waals surface area contributed by atoms with Crippen LogP contribution in [-0.4, -0.2) is 12.1 Å². The number of nitrogen functional groups attached to an aromatic ring is 1. The van der Waals surface area contributed by atoms with Crippen LogP contribution in [0.5, 0.6) is 0 Å². The van der Waals surface area contributed by atoms with E-state index in [1.165, 1.54) is 5.56 Å². The molecule has 0 bridgehead atoms. The number of hydrogen-bond donors (Lipinski definition) is 2. The van der Waals surface area contributed by atoms with Gasteiger partial charge in [0, 0.05) is 6.54 Å². The van der Waals surface area contributed by atoms with Crippen molar-refractivity contribution in [3.63, 3.8) is 0 Å². The molecule has 4 nitrogen and oxygen atoms in total. The minimum absolute atomic E-state index is 0.144. The van der Waals surface area contributed by atoms with Gasteiger partial charge in [-0.05, 0) is 37.6 Å². The number of nitrogens with one attached hydrogen (secondary N) is 1. The summed E-state index contributed by atoms with van der Waals surface area (Å²) in [5.74, 6) is -0.355. The Bertz CT molecular complexity index is 609. The number of benzene rings is 2. The maximum atomic E-state index is 11.8. The standard InChI is InChI=1S/C17H20N2O2/c1-12(2)21-17(20)14-8-9-16(15(18)10-14)19-11-13-6-4-3-5-7-13/h3-10,12,19H,11,18H2,1-2H3. The molecule has 0 saturated heterocycles. The number of nitrogens with two attached hydrogens (primary N) is 1. The van der Waals surface area contributed by atoms with Crippen molar-refractivity contribution < 1.29 is 9.53 Å². The first-order chi connectivity index (χ1) is 10.1. The van der Waals surface area contributed by atoms with Crippen LogP contribution < -0.4 is 11.1 Å². The second-order valence-corrected chi connectivity index (χ2v) is 5.10. The predicted octanol–water partition coefficient (Wildman–Crippen LogP) is 3.45. The van der Waals surface area contributed by atoms with E-state index >= 15 is 0 Å². The molecule has 0 atom stereocenters. The molecule has 110 valence electrons. The minimum Gasteiger partial charge on any atom is -0.459 e. The Morgan fingerprint density at radius 1 is 1.19 bits per heavy atom. The molecular weight excluding hydrogens is 264 g/mol. The van der Waals surface area contributed by atoms with Crippen LogP contribution in [0.25, 0.3) is 0 Å². The van der Waals surface area contributed by atoms with Crippen LogP contribution in [0.2, 0.25) is 0 Å². The van der Waals surface area contributed by atoms with Gasteiger partial charge < -0.3 is 15.8 Å². The zero-order valence-corrected chi connectivity index (χ0v) is 12.3. The number of ether oxygens (including phenoxy) is 1. The van der Waals surface area contributed by atoms with Crippen LogP contribution in [0.15, 0.2) is 48.5 Å². The van der Waals surface area contributed by atoms with Crippen molar-refractivity contribution in [2.24, 2.45) is 0 Å². The molecule has 2 aromatic rings. The van der Waals surface area contributed by atoms with Crippen LogP contribution in [0.3, 0.4) is 0 Å². The van der Waals surface area contributed by atoms with Gasteiger partial charge >= 0.3 is 5.97 Å². The fourth-order valence-electron chi connectivity index (χ4n) is 1.93. The van der Waals surface area contributed by atoms with Crippen molar-refractivity contribution in [1.82, 2.24) is 0 Å². The summed E-state index contributed by atoms with van der Waals surface area (Å²) in [6.07, 6.45) is -0.144. The lowest BCUT2D eigenvalue weighted by atomic mass is 10.1. The molecule has 2 aromatic carbocycles. The summed E-state index contributed by atoms with van der Waals surface area (Å²) in [6, 6.07) is 15.2. The average Bonchev–Trinajstić information content (AvgIpc) is 2.46. The van der Waals surface area contributed by atoms with E-state index in [0.717, 1.165) is 5.69 Å². The van der Waals surface area contributed by atoms with E-state index in [9.17, 15) is 4.79 Å². The Morgan fingerprint density at radius 3 is 2.52 bits per heavy atom. The van der Waals surface area contributed by atoms with E-state index in [2.05, 4.69) is 5.32 Å². The van der Waals surface area contributed by atoms with Gasteiger partial charge in [-0.25, -0.2) is 4.79 Å². The smallest absolute Gasteiger partial charge is 0.338 e. The summed E-state index contributed by atoms with van der Waals surface area (Å²) >= 11 is 0. The lowest BCUT2D eigenvalue weighted by molar-refractivity contribution is 0.0378. The van der Waals surface area contributed by atoms with Crippen LogP contribution in [-0.2, 0) is 11.3 Å². The molecule has 0 unspecified atom stereocenters. The largest absolute Gasteiger partial charge is 0.459 e. The van der Waals surface area contributed by atoms with Crippen LogP contribution >= 0.6 is 0 Å². The molecule has 21 heavy (non-hydrogen) atoms. The first-order valence-corrected chi connectivity index (χ1v) is 6.94. The highest BCUT2D eigenvalue weighted by Crippen LogP contribution is 2.21. The van der Waals surface area contributed by atoms with Gasteiger partial charge in [0.15, 0.2) is 0 Å². The molecule has 0 aromatic heterocycles. The van der Waals surface area contributed by atoms with Crippen molar-refractivity contribution in [3.05, 3.63) is 59.7 Å². The maximum absolute atomic E-state index is 11.8. The first kappa shape index (κ1) is 14.9. The fraction of sp³-hybridized carbons (Fsp3) is 0.235. The molecule has 0 radical (unpaired) electrons. The molecule has 0 saturated carbocycles. The van der Waals surface area contributed by atoms with Gasteiger partial charge in [-0.1, -0.05) is 30.3 Å². The summed E-state index contributed by atoms with van der Waals surface area (Å²) in [4.78, 5) is 11.8. The van der Waals surface area contributed by atoms with E-state index in [4.69, 9.17) is 10.5 Å². The van der Waals surface area contributed by atoms with Gasteiger partial charge in [0.25, 0.3) is 0 Å². The number of esters is 1. The summed E-state index contributed by atoms with van der Waals surface area (Å²) < 4.78 is 5.15. The van der Waals surface area contributed by atoms with Crippen molar-refractivity contribution in [2.45, 2.75) is 26.5 Å². The molecule has 4 heteroatoms. The van der Waals surface area contributed by atoms with E-state index in [1.54, 1.807) is 18.2 Å². The quantitative estimate of drug-likeness (QED) is 0.652. The second-order valence-electron chi connectivity index (χ2n) is 5.10. The molecule has 0 aliphatic heterocycles. The van der Waals surface area contributed by atoms with E-state index in [0.29, 0.717) is 17.8 Å². The first-order valence-electron chi connectivity index (χ1n) is 6.94. The van der Waals surface area contributed by atoms with Gasteiger partial charge in [0.05, 0.1) is 23.0 Å². The summed E-state index contributed by atoms with van der Waals surface area (Å²) in [5, 5.41) is 3.26. The van der Waals surface area contributed by atoms with Crippen molar-refractivity contribution in [3.8, 4) is 0 Å². The molecular formula is C17H20N2O2. The highest BCUT2D eigenvalue weighted by Gasteiger charge is 2.11. The molecule has 0 aliphatic rings. The topological polar surface area (TPSA) is 64.3 Å². The van der Waals surface area contributed by atoms with Crippen molar-refractivity contribution >= 4 is 17.3 Å². The summed E-state index contributed by atoms with van der Waals surface area (Å²) in [5.41, 5.74) is 8.95.